The van der Waals surface area contributed by atoms with E-state index in [0.29, 0.717) is 21.8 Å². The van der Waals surface area contributed by atoms with Crippen LogP contribution in [0, 0.1) is 17.4 Å². The summed E-state index contributed by atoms with van der Waals surface area (Å²) in [7, 11) is 0. The Kier molecular flexibility index (Phi) is 5.79. The molecule has 2 aromatic heterocycles. The summed E-state index contributed by atoms with van der Waals surface area (Å²) in [4.78, 5) is 29.8. The number of benzene rings is 2. The summed E-state index contributed by atoms with van der Waals surface area (Å²) >= 11 is 3.52. The van der Waals surface area contributed by atoms with Gasteiger partial charge in [-0.25, -0.2) is 14.2 Å². The number of hydrogen-bond donors (Lipinski definition) is 0. The van der Waals surface area contributed by atoms with Crippen molar-refractivity contribution in [1.82, 2.24) is 9.38 Å². The van der Waals surface area contributed by atoms with Crippen molar-refractivity contribution in [3.63, 3.8) is 0 Å². The van der Waals surface area contributed by atoms with Gasteiger partial charge in [0.05, 0.1) is 25.7 Å². The number of ether oxygens (including phenoxy) is 2. The van der Waals surface area contributed by atoms with E-state index in [1.807, 2.05) is 44.2 Å². The van der Waals surface area contributed by atoms with Crippen molar-refractivity contribution in [2.24, 2.45) is 0 Å². The third kappa shape index (κ3) is 3.93. The molecule has 4 aromatic rings. The van der Waals surface area contributed by atoms with Gasteiger partial charge in [-0.05, 0) is 90.4 Å². The van der Waals surface area contributed by atoms with Gasteiger partial charge in [-0.2, -0.15) is 0 Å². The molecule has 0 amide bonds. The molecule has 0 unspecified atom stereocenters. The summed E-state index contributed by atoms with van der Waals surface area (Å²) in [5, 5.41) is 0. The molecule has 0 spiro atoms. The fourth-order valence-electron chi connectivity index (χ4n) is 3.13. The summed E-state index contributed by atoms with van der Waals surface area (Å²) in [5.41, 5.74) is 4.77. The number of fused-ring (bicyclic) bond motifs is 3. The molecule has 0 aliphatic rings. The first-order valence-electron chi connectivity index (χ1n) is 9.39. The number of nitrogens with zero attached hydrogens (tertiary/aromatic N) is 2. The first-order valence-corrected chi connectivity index (χ1v) is 11.3. The molecule has 6 nitrogen and oxygen atoms in total. The van der Waals surface area contributed by atoms with Gasteiger partial charge in [0.15, 0.2) is 11.6 Å². The van der Waals surface area contributed by atoms with E-state index in [1.54, 1.807) is 17.4 Å². The van der Waals surface area contributed by atoms with Gasteiger partial charge in [0.25, 0.3) is 5.56 Å². The average Bonchev–Trinajstić information content (AvgIpc) is 3.18. The van der Waals surface area contributed by atoms with Gasteiger partial charge in [0.1, 0.15) is 5.75 Å². The van der Waals surface area contributed by atoms with Crippen molar-refractivity contribution in [3.05, 3.63) is 65.5 Å². The highest BCUT2D eigenvalue weighted by molar-refractivity contribution is 14.1. The number of esters is 1. The fourth-order valence-corrected chi connectivity index (χ4v) is 4.82. The normalized spacial score (nSPS) is 12.1. The smallest absolute Gasteiger partial charge is 0.344 e. The van der Waals surface area contributed by atoms with E-state index in [2.05, 4.69) is 27.6 Å². The van der Waals surface area contributed by atoms with Crippen LogP contribution in [0.1, 0.15) is 23.6 Å². The van der Waals surface area contributed by atoms with Crippen molar-refractivity contribution in [2.75, 3.05) is 13.2 Å². The predicted molar refractivity (Wildman–Crippen MR) is 126 cm³/mol. The van der Waals surface area contributed by atoms with Crippen LogP contribution in [0.25, 0.3) is 22.1 Å². The molecule has 0 saturated carbocycles. The van der Waals surface area contributed by atoms with Crippen molar-refractivity contribution in [2.45, 2.75) is 20.8 Å². The van der Waals surface area contributed by atoms with E-state index in [1.165, 1.54) is 11.3 Å². The Morgan fingerprint density at radius 2 is 2.00 bits per heavy atom. The van der Waals surface area contributed by atoms with Crippen LogP contribution in [0.5, 0.6) is 5.75 Å². The molecule has 4 rings (SSSR count). The van der Waals surface area contributed by atoms with Gasteiger partial charge >= 0.3 is 5.97 Å². The topological polar surface area (TPSA) is 69.9 Å². The quantitative estimate of drug-likeness (QED) is 0.289. The molecule has 2 heterocycles. The maximum atomic E-state index is 13.0. The number of aryl methyl sites for hydroxylation is 2. The van der Waals surface area contributed by atoms with Crippen molar-refractivity contribution in [3.8, 4) is 5.75 Å². The Bertz CT molecular complexity index is 1390. The Labute approximate surface area is 190 Å². The van der Waals surface area contributed by atoms with Gasteiger partial charge in [0.2, 0.25) is 0 Å². The van der Waals surface area contributed by atoms with E-state index in [9.17, 15) is 9.59 Å². The Balaban J connectivity index is 1.68. The molecule has 0 radical (unpaired) electrons. The molecule has 30 heavy (non-hydrogen) atoms. The van der Waals surface area contributed by atoms with Crippen LogP contribution < -0.4 is 14.8 Å². The number of carbonyl (C=O) groups is 1. The van der Waals surface area contributed by atoms with Crippen LogP contribution in [0.3, 0.4) is 0 Å². The number of rotatable bonds is 5. The predicted octanol–water partition coefficient (Wildman–Crippen LogP) is 3.62. The number of imidazole rings is 1. The lowest BCUT2D eigenvalue weighted by atomic mass is 10.1. The van der Waals surface area contributed by atoms with Gasteiger partial charge in [-0.3, -0.25) is 4.79 Å². The maximum Gasteiger partial charge on any atom is 0.344 e. The van der Waals surface area contributed by atoms with E-state index >= 15 is 0 Å². The third-order valence-corrected chi connectivity index (χ3v) is 6.57. The van der Waals surface area contributed by atoms with E-state index in [4.69, 9.17) is 9.47 Å². The Morgan fingerprint density at radius 1 is 1.23 bits per heavy atom. The van der Waals surface area contributed by atoms with Crippen molar-refractivity contribution >= 4 is 62.0 Å². The molecule has 154 valence electrons. The number of hydrogen-bond acceptors (Lipinski definition) is 6. The van der Waals surface area contributed by atoms with E-state index < -0.39 is 5.97 Å². The summed E-state index contributed by atoms with van der Waals surface area (Å²) in [6.45, 7) is 6.02. The second kappa shape index (κ2) is 8.35. The average molecular weight is 534 g/mol. The summed E-state index contributed by atoms with van der Waals surface area (Å²) in [6.07, 6.45) is 1.85. The molecule has 0 saturated heterocycles. The van der Waals surface area contributed by atoms with Gasteiger partial charge in [0, 0.05) is 0 Å². The standard InChI is InChI=1S/C22H19IN2O4S/c1-4-28-20(26)11-29-18-6-5-14(9-15(18)23)10-19-21(27)25-17-8-13(3)12(2)7-16(17)24-22(25)30-19/h5-10H,4,11H2,1-3H3/b19-10-. The first kappa shape index (κ1) is 20.8. The molecule has 2 aromatic carbocycles. The molecule has 8 heteroatoms. The number of halogens is 1. The van der Waals surface area contributed by atoms with E-state index in [-0.39, 0.29) is 12.2 Å². The molecule has 0 bridgehead atoms. The minimum atomic E-state index is -0.403. The van der Waals surface area contributed by atoms with E-state index in [0.717, 1.165) is 31.3 Å². The monoisotopic (exact) mass is 534 g/mol. The lowest BCUT2D eigenvalue weighted by Gasteiger charge is -2.08. The fraction of sp³-hybridized carbons (Fsp3) is 0.227. The zero-order valence-electron chi connectivity index (χ0n) is 16.7. The Hall–Kier alpha value is -2.46. The largest absolute Gasteiger partial charge is 0.481 e. The minimum absolute atomic E-state index is 0.0709. The highest BCUT2D eigenvalue weighted by atomic mass is 127. The molecule has 0 fully saturated rings. The zero-order valence-corrected chi connectivity index (χ0v) is 19.7. The molecule has 0 aliphatic heterocycles. The number of carbonyl (C=O) groups excluding carboxylic acids is 1. The molecular weight excluding hydrogens is 515 g/mol. The highest BCUT2D eigenvalue weighted by Gasteiger charge is 2.13. The summed E-state index contributed by atoms with van der Waals surface area (Å²) in [6, 6.07) is 9.59. The maximum absolute atomic E-state index is 13.0. The summed E-state index contributed by atoms with van der Waals surface area (Å²) < 4.78 is 13.5. The lowest BCUT2D eigenvalue weighted by molar-refractivity contribution is -0.145. The molecule has 0 aliphatic carbocycles. The van der Waals surface area contributed by atoms with Gasteiger partial charge in [-0.15, -0.1) is 0 Å². The van der Waals surface area contributed by atoms with Crippen LogP contribution in [0.2, 0.25) is 0 Å². The third-order valence-electron chi connectivity index (χ3n) is 4.76. The van der Waals surface area contributed by atoms with Crippen molar-refractivity contribution in [1.29, 1.82) is 0 Å². The van der Waals surface area contributed by atoms with Crippen LogP contribution in [-0.4, -0.2) is 28.6 Å². The molecule has 0 atom stereocenters. The number of aromatic nitrogens is 2. The molecular formula is C22H19IN2O4S. The minimum Gasteiger partial charge on any atom is -0.481 e. The Morgan fingerprint density at radius 3 is 2.73 bits per heavy atom. The molecule has 0 N–H and O–H groups in total. The second-order valence-corrected chi connectivity index (χ2v) is 9.03. The van der Waals surface area contributed by atoms with Crippen molar-refractivity contribution < 1.29 is 14.3 Å². The van der Waals surface area contributed by atoms with Crippen LogP contribution in [-0.2, 0) is 9.53 Å². The first-order chi connectivity index (χ1) is 14.4. The second-order valence-electron chi connectivity index (χ2n) is 6.85. The summed E-state index contributed by atoms with van der Waals surface area (Å²) in [5.74, 6) is 0.195. The van der Waals surface area contributed by atoms with Gasteiger partial charge in [-0.1, -0.05) is 17.4 Å². The SMILES string of the molecule is CCOC(=O)COc1ccc(/C=c2\sc3nc4cc(C)c(C)cc4n3c2=O)cc1I. The van der Waals surface area contributed by atoms with Crippen LogP contribution >= 0.6 is 33.9 Å². The van der Waals surface area contributed by atoms with Crippen LogP contribution in [0.4, 0.5) is 0 Å². The zero-order chi connectivity index (χ0) is 21.4. The lowest BCUT2D eigenvalue weighted by Crippen LogP contribution is -2.22. The number of thiazole rings is 1. The van der Waals surface area contributed by atoms with Crippen LogP contribution in [0.15, 0.2) is 35.1 Å². The highest BCUT2D eigenvalue weighted by Crippen LogP contribution is 2.23. The van der Waals surface area contributed by atoms with Gasteiger partial charge < -0.3 is 9.47 Å².